The maximum atomic E-state index is 12.3. The average molecular weight is 303 g/mol. The van der Waals surface area contributed by atoms with Gasteiger partial charge in [-0.1, -0.05) is 35.9 Å². The third kappa shape index (κ3) is 2.35. The van der Waals surface area contributed by atoms with Crippen molar-refractivity contribution in [2.75, 3.05) is 11.1 Å². The lowest BCUT2D eigenvalue weighted by molar-refractivity contribution is 0.103. The number of fused-ring (bicyclic) bond motifs is 1. The topological polar surface area (TPSA) is 55.1 Å². The van der Waals surface area contributed by atoms with Crippen LogP contribution in [0.15, 0.2) is 48.5 Å². The lowest BCUT2D eigenvalue weighted by Gasteiger charge is -2.08. The molecule has 0 saturated carbocycles. The van der Waals surface area contributed by atoms with Gasteiger partial charge < -0.3 is 11.1 Å². The molecule has 1 amide bonds. The van der Waals surface area contributed by atoms with E-state index in [1.54, 1.807) is 18.2 Å². The third-order valence-electron chi connectivity index (χ3n) is 2.93. The summed E-state index contributed by atoms with van der Waals surface area (Å²) >= 11 is 7.49. The number of benzene rings is 2. The largest absolute Gasteiger partial charge is 0.397 e. The van der Waals surface area contributed by atoms with E-state index in [4.69, 9.17) is 17.3 Å². The van der Waals surface area contributed by atoms with Gasteiger partial charge in [0.15, 0.2) is 0 Å². The molecule has 3 nitrogen and oxygen atoms in total. The molecule has 1 aromatic heterocycles. The van der Waals surface area contributed by atoms with Crippen LogP contribution >= 0.6 is 22.9 Å². The Labute approximate surface area is 125 Å². The number of anilines is 2. The zero-order valence-electron chi connectivity index (χ0n) is 10.4. The smallest absolute Gasteiger partial charge is 0.265 e. The van der Waals surface area contributed by atoms with Gasteiger partial charge in [0.1, 0.15) is 0 Å². The number of amides is 1. The Morgan fingerprint density at radius 2 is 1.95 bits per heavy atom. The number of hydrogen-bond acceptors (Lipinski definition) is 3. The van der Waals surface area contributed by atoms with Gasteiger partial charge in [-0.25, -0.2) is 0 Å². The summed E-state index contributed by atoms with van der Waals surface area (Å²) in [5.74, 6) is -0.203. The first-order valence-electron chi connectivity index (χ1n) is 5.99. The summed E-state index contributed by atoms with van der Waals surface area (Å²) in [6.45, 7) is 0. The van der Waals surface area contributed by atoms with Crippen LogP contribution in [0.4, 0.5) is 11.4 Å². The standard InChI is InChI=1S/C15H11ClN2OS/c16-10-5-3-6-11(17)14(10)18-15(19)13-8-9-4-1-2-7-12(9)20-13/h1-8H,17H2,(H,18,19). The monoisotopic (exact) mass is 302 g/mol. The van der Waals surface area contributed by atoms with Crippen molar-refractivity contribution < 1.29 is 4.79 Å². The molecule has 3 aromatic rings. The summed E-state index contributed by atoms with van der Waals surface area (Å²) < 4.78 is 1.07. The highest BCUT2D eigenvalue weighted by Crippen LogP contribution is 2.30. The van der Waals surface area contributed by atoms with Crippen LogP contribution in [0.2, 0.25) is 5.02 Å². The molecule has 0 radical (unpaired) electrons. The van der Waals surface area contributed by atoms with E-state index >= 15 is 0 Å². The summed E-state index contributed by atoms with van der Waals surface area (Å²) in [5.41, 5.74) is 6.73. The maximum absolute atomic E-state index is 12.3. The first-order chi connectivity index (χ1) is 9.65. The normalized spacial score (nSPS) is 10.7. The molecule has 2 aromatic carbocycles. The average Bonchev–Trinajstić information content (AvgIpc) is 2.87. The Kier molecular flexibility index (Phi) is 3.34. The second-order valence-corrected chi connectivity index (χ2v) is 5.80. The van der Waals surface area contributed by atoms with Crippen LogP contribution in [0.5, 0.6) is 0 Å². The number of thiophene rings is 1. The van der Waals surface area contributed by atoms with Gasteiger partial charge in [-0.15, -0.1) is 11.3 Å². The van der Waals surface area contributed by atoms with E-state index in [1.807, 2.05) is 30.3 Å². The van der Waals surface area contributed by atoms with E-state index in [-0.39, 0.29) is 5.91 Å². The van der Waals surface area contributed by atoms with Crippen LogP contribution in [-0.2, 0) is 0 Å². The van der Waals surface area contributed by atoms with E-state index in [2.05, 4.69) is 5.32 Å². The van der Waals surface area contributed by atoms with Crippen molar-refractivity contribution in [1.29, 1.82) is 0 Å². The van der Waals surface area contributed by atoms with Crippen LogP contribution < -0.4 is 11.1 Å². The molecule has 0 bridgehead atoms. The highest BCUT2D eigenvalue weighted by atomic mass is 35.5. The molecule has 0 aliphatic carbocycles. The Morgan fingerprint density at radius 3 is 2.70 bits per heavy atom. The summed E-state index contributed by atoms with van der Waals surface area (Å²) in [6.07, 6.45) is 0. The second-order valence-electron chi connectivity index (χ2n) is 4.31. The fourth-order valence-electron chi connectivity index (χ4n) is 1.94. The summed E-state index contributed by atoms with van der Waals surface area (Å²) in [6, 6.07) is 14.9. The predicted octanol–water partition coefficient (Wildman–Crippen LogP) is 4.39. The summed E-state index contributed by atoms with van der Waals surface area (Å²) in [5, 5.41) is 4.25. The fourth-order valence-corrected chi connectivity index (χ4v) is 3.13. The van der Waals surface area contributed by atoms with Gasteiger partial charge in [-0.2, -0.15) is 0 Å². The molecule has 0 aliphatic rings. The second kappa shape index (κ2) is 5.15. The van der Waals surface area contributed by atoms with E-state index < -0.39 is 0 Å². The Balaban J connectivity index is 1.93. The highest BCUT2D eigenvalue weighted by molar-refractivity contribution is 7.20. The van der Waals surface area contributed by atoms with Gasteiger partial charge >= 0.3 is 0 Å². The van der Waals surface area contributed by atoms with Crippen LogP contribution in [0.1, 0.15) is 9.67 Å². The minimum Gasteiger partial charge on any atom is -0.397 e. The molecular formula is C15H11ClN2OS. The van der Waals surface area contributed by atoms with E-state index in [9.17, 15) is 4.79 Å². The molecule has 5 heteroatoms. The predicted molar refractivity (Wildman–Crippen MR) is 85.6 cm³/mol. The van der Waals surface area contributed by atoms with E-state index in [0.29, 0.717) is 21.3 Å². The quantitative estimate of drug-likeness (QED) is 0.690. The molecule has 0 fully saturated rings. The molecular weight excluding hydrogens is 292 g/mol. The van der Waals surface area contributed by atoms with Gasteiger partial charge in [0.2, 0.25) is 0 Å². The molecule has 20 heavy (non-hydrogen) atoms. The zero-order valence-corrected chi connectivity index (χ0v) is 12.0. The van der Waals surface area contributed by atoms with Crippen molar-refractivity contribution in [3.05, 3.63) is 58.4 Å². The highest BCUT2D eigenvalue weighted by Gasteiger charge is 2.13. The van der Waals surface area contributed by atoms with Gasteiger partial charge in [-0.3, -0.25) is 4.79 Å². The molecule has 100 valence electrons. The van der Waals surface area contributed by atoms with Crippen molar-refractivity contribution in [2.24, 2.45) is 0 Å². The minimum atomic E-state index is -0.203. The van der Waals surface area contributed by atoms with Gasteiger partial charge in [-0.05, 0) is 29.7 Å². The summed E-state index contributed by atoms with van der Waals surface area (Å²) in [7, 11) is 0. The van der Waals surface area contributed by atoms with E-state index in [0.717, 1.165) is 10.1 Å². The van der Waals surface area contributed by atoms with Crippen LogP contribution in [-0.4, -0.2) is 5.91 Å². The SMILES string of the molecule is Nc1cccc(Cl)c1NC(=O)c1cc2ccccc2s1. The van der Waals surface area contributed by atoms with Crippen molar-refractivity contribution in [3.8, 4) is 0 Å². The Morgan fingerprint density at radius 1 is 1.15 bits per heavy atom. The number of para-hydroxylation sites is 1. The van der Waals surface area contributed by atoms with Crippen molar-refractivity contribution in [1.82, 2.24) is 0 Å². The number of halogens is 1. The number of nitrogens with one attached hydrogen (secondary N) is 1. The van der Waals surface area contributed by atoms with Crippen LogP contribution in [0.3, 0.4) is 0 Å². The molecule has 0 aliphatic heterocycles. The number of hydrogen-bond donors (Lipinski definition) is 2. The number of rotatable bonds is 2. The third-order valence-corrected chi connectivity index (χ3v) is 4.36. The number of carbonyl (C=O) groups excluding carboxylic acids is 1. The van der Waals surface area contributed by atoms with Crippen molar-refractivity contribution >= 4 is 50.3 Å². The Bertz CT molecular complexity index is 744. The summed E-state index contributed by atoms with van der Waals surface area (Å²) in [4.78, 5) is 12.9. The lowest BCUT2D eigenvalue weighted by Crippen LogP contribution is -2.12. The molecule has 3 N–H and O–H groups in total. The lowest BCUT2D eigenvalue weighted by atomic mass is 10.2. The van der Waals surface area contributed by atoms with Gasteiger partial charge in [0.05, 0.1) is 21.3 Å². The minimum absolute atomic E-state index is 0.203. The molecule has 0 spiro atoms. The number of nitrogen functional groups attached to an aromatic ring is 1. The molecule has 3 rings (SSSR count). The zero-order chi connectivity index (χ0) is 14.1. The van der Waals surface area contributed by atoms with Gasteiger partial charge in [0, 0.05) is 4.70 Å². The van der Waals surface area contributed by atoms with Crippen LogP contribution in [0.25, 0.3) is 10.1 Å². The van der Waals surface area contributed by atoms with Gasteiger partial charge in [0.25, 0.3) is 5.91 Å². The number of carbonyl (C=O) groups is 1. The Hall–Kier alpha value is -2.04. The van der Waals surface area contributed by atoms with Crippen LogP contribution in [0, 0.1) is 0 Å². The van der Waals surface area contributed by atoms with E-state index in [1.165, 1.54) is 11.3 Å². The molecule has 0 atom stereocenters. The van der Waals surface area contributed by atoms with Crippen molar-refractivity contribution in [3.63, 3.8) is 0 Å². The van der Waals surface area contributed by atoms with Crippen molar-refractivity contribution in [2.45, 2.75) is 0 Å². The molecule has 0 unspecified atom stereocenters. The first-order valence-corrected chi connectivity index (χ1v) is 7.18. The molecule has 0 saturated heterocycles. The molecule has 1 heterocycles. The number of nitrogens with two attached hydrogens (primary N) is 1. The first kappa shape index (κ1) is 13.0. The fraction of sp³-hybridized carbons (Fsp3) is 0. The maximum Gasteiger partial charge on any atom is 0.265 e.